The number of amides is 2. The van der Waals surface area contributed by atoms with Crippen LogP contribution in [0.3, 0.4) is 0 Å². The van der Waals surface area contributed by atoms with Crippen molar-refractivity contribution in [2.45, 2.75) is 25.3 Å². The molecule has 1 heterocycles. The molecule has 1 aliphatic heterocycles. The molecule has 1 saturated heterocycles. The number of aliphatic carboxylic acids is 1. The number of likely N-dealkylation sites (tertiary alicyclic amines) is 1. The van der Waals surface area contributed by atoms with E-state index < -0.39 is 29.7 Å². The van der Waals surface area contributed by atoms with Crippen LogP contribution in [0.25, 0.3) is 0 Å². The molecule has 2 aromatic rings. The van der Waals surface area contributed by atoms with Crippen LogP contribution >= 0.6 is 0 Å². The first kappa shape index (κ1) is 18.4. The molecule has 1 fully saturated rings. The van der Waals surface area contributed by atoms with Gasteiger partial charge in [-0.15, -0.1) is 0 Å². The lowest BCUT2D eigenvalue weighted by Crippen LogP contribution is -2.46. The zero-order valence-electron chi connectivity index (χ0n) is 14.4. The van der Waals surface area contributed by atoms with Gasteiger partial charge in [-0.25, -0.2) is 4.79 Å². The molecule has 3 N–H and O–H groups in total. The van der Waals surface area contributed by atoms with E-state index >= 15 is 0 Å². The number of carbonyl (C=O) groups is 3. The van der Waals surface area contributed by atoms with E-state index in [4.69, 9.17) is 0 Å². The molecule has 2 aromatic carbocycles. The summed E-state index contributed by atoms with van der Waals surface area (Å²) in [5.74, 6) is -3.37. The summed E-state index contributed by atoms with van der Waals surface area (Å²) < 4.78 is 0. The molecule has 0 aromatic heterocycles. The van der Waals surface area contributed by atoms with Crippen molar-refractivity contribution in [2.24, 2.45) is 5.92 Å². The molecule has 2 unspecified atom stereocenters. The Morgan fingerprint density at radius 1 is 1.11 bits per heavy atom. The normalized spacial score (nSPS) is 17.9. The van der Waals surface area contributed by atoms with Crippen molar-refractivity contribution in [2.75, 3.05) is 0 Å². The van der Waals surface area contributed by atoms with Gasteiger partial charge in [0.15, 0.2) is 0 Å². The molecule has 7 nitrogen and oxygen atoms in total. The fourth-order valence-corrected chi connectivity index (χ4v) is 3.32. The molecule has 0 aliphatic carbocycles. The minimum absolute atomic E-state index is 0.0326. The van der Waals surface area contributed by atoms with Gasteiger partial charge in [0.2, 0.25) is 11.8 Å². The third-order valence-electron chi connectivity index (χ3n) is 4.68. The van der Waals surface area contributed by atoms with Crippen LogP contribution in [-0.2, 0) is 27.2 Å². The largest absolute Gasteiger partial charge is 0.508 e. The van der Waals surface area contributed by atoms with E-state index in [1.807, 2.05) is 0 Å². The van der Waals surface area contributed by atoms with Crippen LogP contribution in [0.15, 0.2) is 48.5 Å². The van der Waals surface area contributed by atoms with Crippen molar-refractivity contribution in [3.8, 4) is 11.5 Å². The number of imide groups is 1. The van der Waals surface area contributed by atoms with Gasteiger partial charge in [0.05, 0.1) is 5.92 Å². The van der Waals surface area contributed by atoms with Gasteiger partial charge in [0.1, 0.15) is 17.5 Å². The molecule has 0 bridgehead atoms. The Balaban J connectivity index is 1.80. The highest BCUT2D eigenvalue weighted by Gasteiger charge is 2.44. The van der Waals surface area contributed by atoms with Gasteiger partial charge < -0.3 is 15.3 Å². The van der Waals surface area contributed by atoms with E-state index in [1.54, 1.807) is 30.3 Å². The SMILES string of the molecule is O=C(O)C(Cc1ccccc1)N1C(=O)CC(Cc2ccc(O)cc2O)C1=O. The second kappa shape index (κ2) is 7.49. The third-order valence-corrected chi connectivity index (χ3v) is 4.68. The van der Waals surface area contributed by atoms with Gasteiger partial charge in [0.25, 0.3) is 0 Å². The van der Waals surface area contributed by atoms with E-state index in [0.29, 0.717) is 11.1 Å². The maximum Gasteiger partial charge on any atom is 0.327 e. The molecule has 27 heavy (non-hydrogen) atoms. The predicted molar refractivity (Wildman–Crippen MR) is 95.0 cm³/mol. The van der Waals surface area contributed by atoms with E-state index in [9.17, 15) is 29.7 Å². The Labute approximate surface area is 155 Å². The second-order valence-electron chi connectivity index (χ2n) is 6.56. The van der Waals surface area contributed by atoms with Crippen molar-refractivity contribution in [3.63, 3.8) is 0 Å². The molecule has 2 atom stereocenters. The number of hydrogen-bond acceptors (Lipinski definition) is 5. The number of carboxylic acid groups (broad SMARTS) is 1. The lowest BCUT2D eigenvalue weighted by atomic mass is 9.97. The fourth-order valence-electron chi connectivity index (χ4n) is 3.32. The maximum atomic E-state index is 12.7. The highest BCUT2D eigenvalue weighted by atomic mass is 16.4. The fraction of sp³-hybridized carbons (Fsp3) is 0.250. The zero-order valence-corrected chi connectivity index (χ0v) is 14.4. The average Bonchev–Trinajstić information content (AvgIpc) is 2.90. The zero-order chi connectivity index (χ0) is 19.6. The Kier molecular flexibility index (Phi) is 5.12. The Morgan fingerprint density at radius 2 is 1.81 bits per heavy atom. The van der Waals surface area contributed by atoms with Crippen molar-refractivity contribution >= 4 is 17.8 Å². The van der Waals surface area contributed by atoms with Gasteiger partial charge in [-0.2, -0.15) is 0 Å². The molecule has 140 valence electrons. The van der Waals surface area contributed by atoms with Crippen LogP contribution in [-0.4, -0.2) is 44.0 Å². The summed E-state index contributed by atoms with van der Waals surface area (Å²) in [6.45, 7) is 0. The van der Waals surface area contributed by atoms with Crippen molar-refractivity contribution in [3.05, 3.63) is 59.7 Å². The van der Waals surface area contributed by atoms with Crippen LogP contribution in [0.1, 0.15) is 17.5 Å². The number of benzene rings is 2. The summed E-state index contributed by atoms with van der Waals surface area (Å²) in [6.07, 6.45) is 0.00736. The minimum Gasteiger partial charge on any atom is -0.508 e. The molecular formula is C20H19NO6. The number of hydrogen-bond donors (Lipinski definition) is 3. The molecule has 0 radical (unpaired) electrons. The van der Waals surface area contributed by atoms with Crippen molar-refractivity contribution in [1.82, 2.24) is 4.90 Å². The van der Waals surface area contributed by atoms with Gasteiger partial charge in [-0.3, -0.25) is 14.5 Å². The van der Waals surface area contributed by atoms with Gasteiger partial charge in [-0.05, 0) is 23.6 Å². The molecule has 2 amide bonds. The van der Waals surface area contributed by atoms with Crippen molar-refractivity contribution in [1.29, 1.82) is 0 Å². The van der Waals surface area contributed by atoms with Gasteiger partial charge in [-0.1, -0.05) is 36.4 Å². The van der Waals surface area contributed by atoms with E-state index in [2.05, 4.69) is 0 Å². The smallest absolute Gasteiger partial charge is 0.327 e. The quantitative estimate of drug-likeness (QED) is 0.668. The molecule has 7 heteroatoms. The Hall–Kier alpha value is -3.35. The van der Waals surface area contributed by atoms with Crippen LogP contribution in [0.2, 0.25) is 0 Å². The number of phenols is 2. The topological polar surface area (TPSA) is 115 Å². The monoisotopic (exact) mass is 369 g/mol. The number of nitrogens with zero attached hydrogens (tertiary/aromatic N) is 1. The number of aromatic hydroxyl groups is 2. The molecule has 1 aliphatic rings. The highest BCUT2D eigenvalue weighted by Crippen LogP contribution is 2.31. The van der Waals surface area contributed by atoms with Crippen LogP contribution < -0.4 is 0 Å². The van der Waals surface area contributed by atoms with Crippen molar-refractivity contribution < 1.29 is 29.7 Å². The summed E-state index contributed by atoms with van der Waals surface area (Å²) in [7, 11) is 0. The first-order valence-electron chi connectivity index (χ1n) is 8.50. The first-order chi connectivity index (χ1) is 12.9. The van der Waals surface area contributed by atoms with Gasteiger partial charge in [0, 0.05) is 18.9 Å². The third kappa shape index (κ3) is 3.92. The predicted octanol–water partition coefficient (Wildman–Crippen LogP) is 1.71. The Bertz CT molecular complexity index is 879. The van der Waals surface area contributed by atoms with Crippen LogP contribution in [0, 0.1) is 5.92 Å². The summed E-state index contributed by atoms with van der Waals surface area (Å²) in [5.41, 5.74) is 1.13. The minimum atomic E-state index is -1.27. The number of carbonyl (C=O) groups excluding carboxylic acids is 2. The second-order valence-corrected chi connectivity index (χ2v) is 6.56. The Morgan fingerprint density at radius 3 is 2.44 bits per heavy atom. The van der Waals surface area contributed by atoms with E-state index in [1.165, 1.54) is 12.1 Å². The standard InChI is InChI=1S/C20H19NO6/c22-15-7-6-13(17(23)11-15)9-14-10-18(24)21(19(14)25)16(20(26)27)8-12-4-2-1-3-5-12/h1-7,11,14,16,22-23H,8-10H2,(H,26,27). The van der Waals surface area contributed by atoms with Gasteiger partial charge >= 0.3 is 5.97 Å². The lowest BCUT2D eigenvalue weighted by Gasteiger charge is -2.23. The van der Waals surface area contributed by atoms with Crippen LogP contribution in [0.5, 0.6) is 11.5 Å². The van der Waals surface area contributed by atoms with E-state index in [-0.39, 0.29) is 30.8 Å². The molecule has 0 spiro atoms. The number of phenolic OH excluding ortho intramolecular Hbond substituents is 2. The summed E-state index contributed by atoms with van der Waals surface area (Å²) in [6, 6.07) is 11.5. The molecule has 0 saturated carbocycles. The number of carboxylic acids is 1. The summed E-state index contributed by atoms with van der Waals surface area (Å²) >= 11 is 0. The van der Waals surface area contributed by atoms with Crippen LogP contribution in [0.4, 0.5) is 0 Å². The lowest BCUT2D eigenvalue weighted by molar-refractivity contribution is -0.154. The summed E-state index contributed by atoms with van der Waals surface area (Å²) in [4.78, 5) is 37.7. The highest BCUT2D eigenvalue weighted by molar-refractivity contribution is 6.06. The van der Waals surface area contributed by atoms with E-state index in [0.717, 1.165) is 11.0 Å². The molecule has 3 rings (SSSR count). The molecular weight excluding hydrogens is 350 g/mol. The summed E-state index contributed by atoms with van der Waals surface area (Å²) in [5, 5.41) is 28.8. The maximum absolute atomic E-state index is 12.7. The average molecular weight is 369 g/mol. The number of rotatable bonds is 6. The first-order valence-corrected chi connectivity index (χ1v) is 8.50.